The number of aromatic nitrogens is 4. The maximum atomic E-state index is 6.57. The Morgan fingerprint density at radius 1 is 0.879 bits per heavy atom. The maximum Gasteiger partial charge on any atom is 0.268 e. The van der Waals surface area contributed by atoms with Crippen LogP contribution in [0.15, 0.2) is 46.9 Å². The third kappa shape index (κ3) is 4.54. The van der Waals surface area contributed by atoms with Crippen molar-refractivity contribution >= 4 is 34.8 Å². The molecular formula is C25H23Cl3N4O. The summed E-state index contributed by atoms with van der Waals surface area (Å²) in [5.41, 5.74) is 3.17. The number of hydrogen-bond acceptors (Lipinski definition) is 4. The molecule has 0 amide bonds. The lowest BCUT2D eigenvalue weighted by Gasteiger charge is -2.11. The molecule has 0 unspecified atom stereocenters. The average molecular weight is 502 g/mol. The summed E-state index contributed by atoms with van der Waals surface area (Å²) in [6.45, 7) is 1.99. The van der Waals surface area contributed by atoms with Crippen LogP contribution in [0.25, 0.3) is 28.7 Å². The van der Waals surface area contributed by atoms with Crippen LogP contribution in [0.4, 0.5) is 0 Å². The van der Waals surface area contributed by atoms with Crippen molar-refractivity contribution in [3.8, 4) is 28.7 Å². The fourth-order valence-corrected chi connectivity index (χ4v) is 5.10. The summed E-state index contributed by atoms with van der Waals surface area (Å²) in [5.74, 6) is 2.11. The smallest absolute Gasteiger partial charge is 0.268 e. The Morgan fingerprint density at radius 2 is 1.58 bits per heavy atom. The Balaban J connectivity index is 1.63. The van der Waals surface area contributed by atoms with Crippen molar-refractivity contribution in [3.05, 3.63) is 69.1 Å². The maximum absolute atomic E-state index is 6.57. The molecule has 0 atom stereocenters. The van der Waals surface area contributed by atoms with Gasteiger partial charge in [-0.2, -0.15) is 0 Å². The topological polar surface area (TPSA) is 56.7 Å². The SMILES string of the molecule is Cc1c(-c2nnc(C3CCCCCC3)o2)nc(-c2ccc(Cl)cc2Cl)n1-c1ccc(Cl)cc1. The molecule has 0 radical (unpaired) electrons. The molecule has 0 N–H and O–H groups in total. The average Bonchev–Trinajstić information content (AvgIpc) is 3.30. The van der Waals surface area contributed by atoms with Gasteiger partial charge in [0.1, 0.15) is 11.5 Å². The highest BCUT2D eigenvalue weighted by Gasteiger charge is 2.26. The van der Waals surface area contributed by atoms with E-state index < -0.39 is 0 Å². The van der Waals surface area contributed by atoms with Gasteiger partial charge in [-0.25, -0.2) is 4.98 Å². The number of imidazole rings is 1. The summed E-state index contributed by atoms with van der Waals surface area (Å²) < 4.78 is 8.20. The molecule has 5 nitrogen and oxygen atoms in total. The number of hydrogen-bond donors (Lipinski definition) is 0. The van der Waals surface area contributed by atoms with E-state index in [4.69, 9.17) is 44.2 Å². The number of rotatable bonds is 4. The van der Waals surface area contributed by atoms with Gasteiger partial charge in [0.2, 0.25) is 5.89 Å². The van der Waals surface area contributed by atoms with Gasteiger partial charge in [-0.3, -0.25) is 4.57 Å². The summed E-state index contributed by atoms with van der Waals surface area (Å²) in [6, 6.07) is 13.0. The van der Waals surface area contributed by atoms with E-state index in [0.29, 0.717) is 44.3 Å². The number of halogens is 3. The van der Waals surface area contributed by atoms with Gasteiger partial charge in [0, 0.05) is 27.2 Å². The van der Waals surface area contributed by atoms with Crippen molar-refractivity contribution in [2.45, 2.75) is 51.4 Å². The zero-order chi connectivity index (χ0) is 22.9. The van der Waals surface area contributed by atoms with E-state index in [0.717, 1.165) is 29.8 Å². The van der Waals surface area contributed by atoms with Crippen LogP contribution in [-0.2, 0) is 0 Å². The standard InChI is InChI=1S/C25H23Cl3N4O/c1-15-22(25-31-30-24(33-25)16-6-4-2-3-5-7-16)29-23(20-13-10-18(27)14-21(20)28)32(15)19-11-8-17(26)9-12-19/h8-14,16H,2-7H2,1H3. The summed E-state index contributed by atoms with van der Waals surface area (Å²) in [4.78, 5) is 4.92. The highest BCUT2D eigenvalue weighted by molar-refractivity contribution is 6.36. The highest BCUT2D eigenvalue weighted by atomic mass is 35.5. The fraction of sp³-hybridized carbons (Fsp3) is 0.320. The molecule has 2 aromatic heterocycles. The monoisotopic (exact) mass is 500 g/mol. The number of nitrogens with zero attached hydrogens (tertiary/aromatic N) is 4. The van der Waals surface area contributed by atoms with E-state index >= 15 is 0 Å². The van der Waals surface area contributed by atoms with Gasteiger partial charge >= 0.3 is 0 Å². The van der Waals surface area contributed by atoms with Crippen molar-refractivity contribution in [3.63, 3.8) is 0 Å². The van der Waals surface area contributed by atoms with Gasteiger partial charge in [-0.1, -0.05) is 60.5 Å². The first-order chi connectivity index (χ1) is 16.0. The summed E-state index contributed by atoms with van der Waals surface area (Å²) >= 11 is 18.8. The second kappa shape index (κ2) is 9.49. The second-order valence-electron chi connectivity index (χ2n) is 8.44. The molecule has 1 fully saturated rings. The van der Waals surface area contributed by atoms with Crippen LogP contribution in [-0.4, -0.2) is 19.7 Å². The van der Waals surface area contributed by atoms with Gasteiger partial charge in [0.15, 0.2) is 0 Å². The van der Waals surface area contributed by atoms with Crippen LogP contribution in [0.2, 0.25) is 15.1 Å². The molecule has 4 aromatic rings. The van der Waals surface area contributed by atoms with Gasteiger partial charge in [-0.05, 0) is 62.2 Å². The second-order valence-corrected chi connectivity index (χ2v) is 9.72. The van der Waals surface area contributed by atoms with Crippen molar-refractivity contribution in [1.29, 1.82) is 0 Å². The minimum Gasteiger partial charge on any atom is -0.419 e. The molecule has 0 spiro atoms. The van der Waals surface area contributed by atoms with Crippen molar-refractivity contribution in [2.75, 3.05) is 0 Å². The van der Waals surface area contributed by atoms with E-state index in [-0.39, 0.29) is 0 Å². The minimum absolute atomic E-state index is 0.317. The molecule has 0 aliphatic heterocycles. The zero-order valence-electron chi connectivity index (χ0n) is 18.2. The normalized spacial score (nSPS) is 15.0. The quantitative estimate of drug-likeness (QED) is 0.264. The van der Waals surface area contributed by atoms with Gasteiger partial charge < -0.3 is 4.42 Å². The van der Waals surface area contributed by atoms with Crippen LogP contribution in [0.1, 0.15) is 56.0 Å². The lowest BCUT2D eigenvalue weighted by molar-refractivity contribution is 0.425. The first-order valence-electron chi connectivity index (χ1n) is 11.2. The predicted octanol–water partition coefficient (Wildman–Crippen LogP) is 8.30. The molecule has 170 valence electrons. The lowest BCUT2D eigenvalue weighted by Crippen LogP contribution is -2.00. The van der Waals surface area contributed by atoms with Gasteiger partial charge in [-0.15, -0.1) is 10.2 Å². The Hall–Kier alpha value is -2.34. The van der Waals surface area contributed by atoms with E-state index in [2.05, 4.69) is 10.2 Å². The molecule has 2 aromatic carbocycles. The molecule has 33 heavy (non-hydrogen) atoms. The highest BCUT2D eigenvalue weighted by Crippen LogP contribution is 2.37. The van der Waals surface area contributed by atoms with E-state index in [9.17, 15) is 0 Å². The third-order valence-electron chi connectivity index (χ3n) is 6.21. The Morgan fingerprint density at radius 3 is 2.27 bits per heavy atom. The van der Waals surface area contributed by atoms with E-state index in [1.807, 2.05) is 41.8 Å². The van der Waals surface area contributed by atoms with E-state index in [1.165, 1.54) is 25.7 Å². The van der Waals surface area contributed by atoms with Crippen molar-refractivity contribution < 1.29 is 4.42 Å². The summed E-state index contributed by atoms with van der Waals surface area (Å²) in [7, 11) is 0. The van der Waals surface area contributed by atoms with Crippen LogP contribution in [0.3, 0.4) is 0 Å². The fourth-order valence-electron chi connectivity index (χ4n) is 4.48. The first-order valence-corrected chi connectivity index (χ1v) is 12.3. The molecule has 1 aliphatic carbocycles. The van der Waals surface area contributed by atoms with Crippen molar-refractivity contribution in [2.24, 2.45) is 0 Å². The Labute approximate surface area is 207 Å². The van der Waals surface area contributed by atoms with Gasteiger partial charge in [0.25, 0.3) is 5.89 Å². The summed E-state index contributed by atoms with van der Waals surface area (Å²) in [5, 5.41) is 10.5. The molecule has 0 saturated heterocycles. The van der Waals surface area contributed by atoms with Crippen LogP contribution in [0, 0.1) is 6.92 Å². The van der Waals surface area contributed by atoms with Gasteiger partial charge in [0.05, 0.1) is 10.7 Å². The first kappa shape index (κ1) is 22.5. The molecule has 2 heterocycles. The van der Waals surface area contributed by atoms with E-state index in [1.54, 1.807) is 12.1 Å². The van der Waals surface area contributed by atoms with Crippen LogP contribution >= 0.6 is 34.8 Å². The zero-order valence-corrected chi connectivity index (χ0v) is 20.5. The predicted molar refractivity (Wildman–Crippen MR) is 133 cm³/mol. The Bertz CT molecular complexity index is 1270. The molecule has 1 saturated carbocycles. The lowest BCUT2D eigenvalue weighted by atomic mass is 10.0. The Kier molecular flexibility index (Phi) is 6.46. The molecule has 1 aliphatic rings. The molecule has 0 bridgehead atoms. The largest absolute Gasteiger partial charge is 0.419 e. The van der Waals surface area contributed by atoms with Crippen molar-refractivity contribution in [1.82, 2.24) is 19.7 Å². The molecule has 8 heteroatoms. The third-order valence-corrected chi connectivity index (χ3v) is 7.01. The summed E-state index contributed by atoms with van der Waals surface area (Å²) in [6.07, 6.45) is 7.12. The van der Waals surface area contributed by atoms with Crippen LogP contribution < -0.4 is 0 Å². The van der Waals surface area contributed by atoms with Crippen LogP contribution in [0.5, 0.6) is 0 Å². The molecule has 5 rings (SSSR count). The minimum atomic E-state index is 0.317. The molecular weight excluding hydrogens is 479 g/mol. The number of benzene rings is 2.